The van der Waals surface area contributed by atoms with Gasteiger partial charge in [-0.15, -0.1) is 0 Å². The molecular weight excluding hydrogens is 174 g/mol. The minimum Gasteiger partial charge on any atom is -0.392 e. The average molecular weight is 199 g/mol. The van der Waals surface area contributed by atoms with Crippen molar-refractivity contribution in [3.8, 4) is 0 Å². The number of aliphatic hydroxyl groups excluding tert-OH is 1. The lowest BCUT2D eigenvalue weighted by molar-refractivity contribution is 0.0988. The maximum atomic E-state index is 9.85. The van der Waals surface area contributed by atoms with Gasteiger partial charge in [-0.25, -0.2) is 0 Å². The van der Waals surface area contributed by atoms with Crippen LogP contribution in [0.5, 0.6) is 0 Å². The monoisotopic (exact) mass is 199 g/mol. The van der Waals surface area contributed by atoms with Crippen molar-refractivity contribution in [3.05, 3.63) is 0 Å². The number of hydrogen-bond acceptors (Lipinski definition) is 2. The molecule has 2 nitrogen and oxygen atoms in total. The molecule has 0 amide bonds. The van der Waals surface area contributed by atoms with E-state index in [1.165, 1.54) is 19.3 Å². The fourth-order valence-corrected chi connectivity index (χ4v) is 2.13. The molecule has 0 bridgehead atoms. The molecule has 2 N–H and O–H groups in total. The summed E-state index contributed by atoms with van der Waals surface area (Å²) >= 11 is 0. The second-order valence-corrected chi connectivity index (χ2v) is 4.60. The molecule has 1 saturated carbocycles. The zero-order chi connectivity index (χ0) is 10.4. The lowest BCUT2D eigenvalue weighted by atomic mass is 9.85. The van der Waals surface area contributed by atoms with Gasteiger partial charge in [-0.1, -0.05) is 33.1 Å². The van der Waals surface area contributed by atoms with Crippen molar-refractivity contribution >= 4 is 0 Å². The van der Waals surface area contributed by atoms with Crippen molar-refractivity contribution in [2.75, 3.05) is 13.1 Å². The average Bonchev–Trinajstić information content (AvgIpc) is 2.11. The molecular formula is C12H25NO. The number of nitrogens with one attached hydrogen (secondary N) is 1. The molecule has 1 aliphatic carbocycles. The zero-order valence-corrected chi connectivity index (χ0v) is 9.63. The summed E-state index contributed by atoms with van der Waals surface area (Å²) in [6, 6.07) is 0. The summed E-state index contributed by atoms with van der Waals surface area (Å²) in [6.45, 7) is 6.20. The first-order valence-electron chi connectivity index (χ1n) is 6.16. The van der Waals surface area contributed by atoms with Crippen molar-refractivity contribution in [1.82, 2.24) is 5.32 Å². The second kappa shape index (κ2) is 6.41. The van der Waals surface area contributed by atoms with Gasteiger partial charge in [-0.3, -0.25) is 0 Å². The van der Waals surface area contributed by atoms with Crippen molar-refractivity contribution in [2.24, 2.45) is 11.8 Å². The van der Waals surface area contributed by atoms with Gasteiger partial charge in [0.05, 0.1) is 6.10 Å². The summed E-state index contributed by atoms with van der Waals surface area (Å²) in [5, 5.41) is 13.2. The number of rotatable bonds is 7. The van der Waals surface area contributed by atoms with E-state index in [2.05, 4.69) is 19.2 Å². The van der Waals surface area contributed by atoms with E-state index in [0.717, 1.165) is 31.8 Å². The molecule has 14 heavy (non-hydrogen) atoms. The third kappa shape index (κ3) is 3.58. The van der Waals surface area contributed by atoms with E-state index < -0.39 is 0 Å². The minimum atomic E-state index is -0.148. The van der Waals surface area contributed by atoms with Gasteiger partial charge in [0, 0.05) is 6.54 Å². The van der Waals surface area contributed by atoms with Gasteiger partial charge >= 0.3 is 0 Å². The van der Waals surface area contributed by atoms with Crippen LogP contribution in [0.3, 0.4) is 0 Å². The SMILES string of the molecule is CCC(CC)C(O)CNCC1CCC1. The van der Waals surface area contributed by atoms with Crippen molar-refractivity contribution in [3.63, 3.8) is 0 Å². The Kier molecular flexibility index (Phi) is 5.49. The third-order valence-corrected chi connectivity index (χ3v) is 3.60. The van der Waals surface area contributed by atoms with Crippen LogP contribution in [0, 0.1) is 11.8 Å². The molecule has 2 heteroatoms. The third-order valence-electron chi connectivity index (χ3n) is 3.60. The first-order chi connectivity index (χ1) is 6.77. The van der Waals surface area contributed by atoms with Crippen LogP contribution >= 0.6 is 0 Å². The molecule has 0 heterocycles. The zero-order valence-electron chi connectivity index (χ0n) is 9.63. The predicted octanol–water partition coefficient (Wildman–Crippen LogP) is 2.17. The quantitative estimate of drug-likeness (QED) is 0.658. The number of aliphatic hydroxyl groups is 1. The van der Waals surface area contributed by atoms with E-state index in [0.29, 0.717) is 5.92 Å². The van der Waals surface area contributed by atoms with Crippen LogP contribution < -0.4 is 5.32 Å². The van der Waals surface area contributed by atoms with Gasteiger partial charge in [0.2, 0.25) is 0 Å². The van der Waals surface area contributed by atoms with Gasteiger partial charge in [-0.05, 0) is 31.2 Å². The van der Waals surface area contributed by atoms with Gasteiger partial charge in [0.25, 0.3) is 0 Å². The normalized spacial score (nSPS) is 19.7. The van der Waals surface area contributed by atoms with Crippen LogP contribution in [-0.4, -0.2) is 24.3 Å². The summed E-state index contributed by atoms with van der Waals surface area (Å²) in [5.74, 6) is 1.37. The fourth-order valence-electron chi connectivity index (χ4n) is 2.13. The Morgan fingerprint density at radius 1 is 1.29 bits per heavy atom. The first kappa shape index (κ1) is 12.0. The highest BCUT2D eigenvalue weighted by atomic mass is 16.3. The van der Waals surface area contributed by atoms with Gasteiger partial charge < -0.3 is 10.4 Å². The Morgan fingerprint density at radius 3 is 2.36 bits per heavy atom. The summed E-state index contributed by atoms with van der Waals surface area (Å²) in [4.78, 5) is 0. The highest BCUT2D eigenvalue weighted by Crippen LogP contribution is 2.25. The molecule has 0 aromatic carbocycles. The molecule has 1 unspecified atom stereocenters. The van der Waals surface area contributed by atoms with E-state index >= 15 is 0 Å². The predicted molar refractivity (Wildman–Crippen MR) is 60.3 cm³/mol. The van der Waals surface area contributed by atoms with Crippen molar-refractivity contribution in [2.45, 2.75) is 52.1 Å². The van der Waals surface area contributed by atoms with Crippen LogP contribution in [-0.2, 0) is 0 Å². The van der Waals surface area contributed by atoms with Crippen LogP contribution in [0.4, 0.5) is 0 Å². The summed E-state index contributed by atoms with van der Waals surface area (Å²) in [5.41, 5.74) is 0. The molecule has 0 aliphatic heterocycles. The van der Waals surface area contributed by atoms with Crippen LogP contribution in [0.15, 0.2) is 0 Å². The molecule has 1 atom stereocenters. The maximum Gasteiger partial charge on any atom is 0.0692 e. The fraction of sp³-hybridized carbons (Fsp3) is 1.00. The summed E-state index contributed by atoms with van der Waals surface area (Å²) in [6.07, 6.45) is 6.19. The van der Waals surface area contributed by atoms with E-state index in [4.69, 9.17) is 0 Å². The largest absolute Gasteiger partial charge is 0.392 e. The van der Waals surface area contributed by atoms with Crippen LogP contribution in [0.2, 0.25) is 0 Å². The molecule has 1 rings (SSSR count). The van der Waals surface area contributed by atoms with Crippen LogP contribution in [0.25, 0.3) is 0 Å². The highest BCUT2D eigenvalue weighted by molar-refractivity contribution is 4.74. The molecule has 0 aromatic heterocycles. The van der Waals surface area contributed by atoms with E-state index in [1.54, 1.807) is 0 Å². The van der Waals surface area contributed by atoms with Gasteiger partial charge in [0.1, 0.15) is 0 Å². The number of hydrogen-bond donors (Lipinski definition) is 2. The molecule has 0 saturated heterocycles. The topological polar surface area (TPSA) is 32.3 Å². The smallest absolute Gasteiger partial charge is 0.0692 e. The first-order valence-corrected chi connectivity index (χ1v) is 6.16. The maximum absolute atomic E-state index is 9.85. The molecule has 0 radical (unpaired) electrons. The Labute approximate surface area is 88.1 Å². The molecule has 0 aromatic rings. The molecule has 0 spiro atoms. The van der Waals surface area contributed by atoms with Crippen LogP contribution in [0.1, 0.15) is 46.0 Å². The summed E-state index contributed by atoms with van der Waals surface area (Å²) in [7, 11) is 0. The van der Waals surface area contributed by atoms with Gasteiger partial charge in [0.15, 0.2) is 0 Å². The van der Waals surface area contributed by atoms with E-state index in [1.807, 2.05) is 0 Å². The molecule has 84 valence electrons. The standard InChI is InChI=1S/C12H25NO/c1-3-11(4-2)12(14)9-13-8-10-6-5-7-10/h10-14H,3-9H2,1-2H3. The second-order valence-electron chi connectivity index (χ2n) is 4.60. The minimum absolute atomic E-state index is 0.148. The Morgan fingerprint density at radius 2 is 1.93 bits per heavy atom. The van der Waals surface area contributed by atoms with E-state index in [-0.39, 0.29) is 6.10 Å². The lowest BCUT2D eigenvalue weighted by Gasteiger charge is -2.27. The Balaban J connectivity index is 2.03. The Bertz CT molecular complexity index is 141. The highest BCUT2D eigenvalue weighted by Gasteiger charge is 2.18. The molecule has 1 aliphatic rings. The molecule has 1 fully saturated rings. The van der Waals surface area contributed by atoms with Crippen molar-refractivity contribution < 1.29 is 5.11 Å². The van der Waals surface area contributed by atoms with E-state index in [9.17, 15) is 5.11 Å². The Hall–Kier alpha value is -0.0800. The lowest BCUT2D eigenvalue weighted by Crippen LogP contribution is -2.36. The summed E-state index contributed by atoms with van der Waals surface area (Å²) < 4.78 is 0. The van der Waals surface area contributed by atoms with Crippen molar-refractivity contribution in [1.29, 1.82) is 0 Å². The van der Waals surface area contributed by atoms with Gasteiger partial charge in [-0.2, -0.15) is 0 Å².